The molecule has 110 valence electrons. The molecule has 0 bridgehead atoms. The summed E-state index contributed by atoms with van der Waals surface area (Å²) in [6.07, 6.45) is 4.52. The minimum atomic E-state index is -0.0232. The largest absolute Gasteiger partial charge is 0.362 e. The molecule has 0 saturated heterocycles. The quantitative estimate of drug-likeness (QED) is 0.918. The van der Waals surface area contributed by atoms with Crippen LogP contribution in [0.2, 0.25) is 0 Å². The van der Waals surface area contributed by atoms with Gasteiger partial charge in [-0.1, -0.05) is 44.2 Å². The summed E-state index contributed by atoms with van der Waals surface area (Å²) < 4.78 is 1.74. The Kier molecular flexibility index (Phi) is 3.78. The topological polar surface area (TPSA) is 46.9 Å². The minimum Gasteiger partial charge on any atom is -0.362 e. The van der Waals surface area contributed by atoms with E-state index in [4.69, 9.17) is 0 Å². The maximum absolute atomic E-state index is 12.3. The van der Waals surface area contributed by atoms with Crippen LogP contribution < -0.4 is 10.9 Å². The van der Waals surface area contributed by atoms with Crippen LogP contribution in [-0.2, 0) is 6.54 Å². The Labute approximate surface area is 124 Å². The lowest BCUT2D eigenvalue weighted by Crippen LogP contribution is -2.26. The molecular formula is C17H21N3O. The molecule has 1 aromatic carbocycles. The predicted molar refractivity (Wildman–Crippen MR) is 84.5 cm³/mol. The van der Waals surface area contributed by atoms with Crippen LogP contribution in [0.4, 0.5) is 5.82 Å². The van der Waals surface area contributed by atoms with E-state index in [1.54, 1.807) is 17.0 Å². The number of hydrogen-bond acceptors (Lipinski definition) is 3. The lowest BCUT2D eigenvalue weighted by molar-refractivity contribution is 0.509. The van der Waals surface area contributed by atoms with Gasteiger partial charge in [-0.3, -0.25) is 4.79 Å². The third-order valence-corrected chi connectivity index (χ3v) is 3.82. The number of anilines is 1. The summed E-state index contributed by atoms with van der Waals surface area (Å²) in [5.74, 6) is 1.41. The molecule has 21 heavy (non-hydrogen) atoms. The monoisotopic (exact) mass is 283 g/mol. The SMILES string of the molecule is CC(C)Cn1ccnc(NC2CC2c2ccccc2)c1=O. The smallest absolute Gasteiger partial charge is 0.293 e. The van der Waals surface area contributed by atoms with Crippen molar-refractivity contribution in [3.63, 3.8) is 0 Å². The molecule has 0 aliphatic heterocycles. The fourth-order valence-electron chi connectivity index (χ4n) is 2.68. The Hall–Kier alpha value is -2.10. The molecule has 1 fully saturated rings. The molecular weight excluding hydrogens is 262 g/mol. The molecule has 1 aliphatic rings. The van der Waals surface area contributed by atoms with Crippen molar-refractivity contribution in [2.45, 2.75) is 38.8 Å². The van der Waals surface area contributed by atoms with Gasteiger partial charge < -0.3 is 9.88 Å². The van der Waals surface area contributed by atoms with Crippen molar-refractivity contribution >= 4 is 5.82 Å². The van der Waals surface area contributed by atoms with Crippen molar-refractivity contribution in [2.75, 3.05) is 5.32 Å². The molecule has 2 unspecified atom stereocenters. The van der Waals surface area contributed by atoms with E-state index in [0.29, 0.717) is 23.7 Å². The minimum absolute atomic E-state index is 0.0232. The molecule has 1 aliphatic carbocycles. The maximum atomic E-state index is 12.3. The van der Waals surface area contributed by atoms with Crippen molar-refractivity contribution in [3.8, 4) is 0 Å². The zero-order chi connectivity index (χ0) is 14.8. The predicted octanol–water partition coefficient (Wildman–Crippen LogP) is 2.87. The van der Waals surface area contributed by atoms with E-state index in [9.17, 15) is 4.79 Å². The van der Waals surface area contributed by atoms with Gasteiger partial charge >= 0.3 is 0 Å². The average molecular weight is 283 g/mol. The zero-order valence-electron chi connectivity index (χ0n) is 12.5. The van der Waals surface area contributed by atoms with Gasteiger partial charge in [-0.25, -0.2) is 4.98 Å². The van der Waals surface area contributed by atoms with Gasteiger partial charge in [0.15, 0.2) is 5.82 Å². The summed E-state index contributed by atoms with van der Waals surface area (Å²) >= 11 is 0. The Morgan fingerprint density at radius 2 is 2.10 bits per heavy atom. The van der Waals surface area contributed by atoms with Crippen molar-refractivity contribution in [2.24, 2.45) is 5.92 Å². The van der Waals surface area contributed by atoms with E-state index in [1.165, 1.54) is 5.56 Å². The summed E-state index contributed by atoms with van der Waals surface area (Å²) in [5, 5.41) is 3.30. The van der Waals surface area contributed by atoms with Crippen LogP contribution in [0.5, 0.6) is 0 Å². The Bertz CT molecular complexity index is 663. The summed E-state index contributed by atoms with van der Waals surface area (Å²) in [7, 11) is 0. The highest BCUT2D eigenvalue weighted by Gasteiger charge is 2.38. The summed E-state index contributed by atoms with van der Waals surface area (Å²) in [5.41, 5.74) is 1.30. The summed E-state index contributed by atoms with van der Waals surface area (Å²) in [6.45, 7) is 4.93. The molecule has 0 radical (unpaired) electrons. The summed E-state index contributed by atoms with van der Waals surface area (Å²) in [4.78, 5) is 16.6. The lowest BCUT2D eigenvalue weighted by atomic mass is 10.1. The van der Waals surface area contributed by atoms with E-state index in [2.05, 4.69) is 48.4 Å². The second-order valence-corrected chi connectivity index (χ2v) is 6.13. The highest BCUT2D eigenvalue weighted by atomic mass is 16.1. The van der Waals surface area contributed by atoms with E-state index >= 15 is 0 Å². The van der Waals surface area contributed by atoms with Gasteiger partial charge in [0.2, 0.25) is 0 Å². The van der Waals surface area contributed by atoms with E-state index in [0.717, 1.165) is 13.0 Å². The van der Waals surface area contributed by atoms with Gasteiger partial charge in [0.25, 0.3) is 5.56 Å². The van der Waals surface area contributed by atoms with Gasteiger partial charge in [0.05, 0.1) is 0 Å². The highest BCUT2D eigenvalue weighted by Crippen LogP contribution is 2.42. The number of nitrogens with zero attached hydrogens (tertiary/aromatic N) is 2. The standard InChI is InChI=1S/C17H21N3O/c1-12(2)11-20-9-8-18-16(17(20)21)19-15-10-14(15)13-6-4-3-5-7-13/h3-9,12,14-15H,10-11H2,1-2H3,(H,18,19). The zero-order valence-corrected chi connectivity index (χ0v) is 12.5. The van der Waals surface area contributed by atoms with Gasteiger partial charge in [-0.2, -0.15) is 0 Å². The molecule has 4 nitrogen and oxygen atoms in total. The molecule has 0 amide bonds. The number of rotatable bonds is 5. The molecule has 1 saturated carbocycles. The summed E-state index contributed by atoms with van der Waals surface area (Å²) in [6, 6.07) is 10.7. The van der Waals surface area contributed by atoms with Gasteiger partial charge in [-0.05, 0) is 17.9 Å². The number of benzene rings is 1. The first-order chi connectivity index (χ1) is 10.1. The maximum Gasteiger partial charge on any atom is 0.293 e. The van der Waals surface area contributed by atoms with Crippen LogP contribution in [-0.4, -0.2) is 15.6 Å². The van der Waals surface area contributed by atoms with Crippen LogP contribution in [0.1, 0.15) is 31.7 Å². The molecule has 1 aromatic heterocycles. The third kappa shape index (κ3) is 3.15. The molecule has 2 aromatic rings. The average Bonchev–Trinajstić information content (AvgIpc) is 3.23. The Balaban J connectivity index is 1.71. The van der Waals surface area contributed by atoms with Crippen LogP contribution in [0.25, 0.3) is 0 Å². The first kappa shape index (κ1) is 13.9. The van der Waals surface area contributed by atoms with E-state index in [-0.39, 0.29) is 5.56 Å². The third-order valence-electron chi connectivity index (χ3n) is 3.82. The van der Waals surface area contributed by atoms with Crippen molar-refractivity contribution in [1.29, 1.82) is 0 Å². The Morgan fingerprint density at radius 1 is 1.33 bits per heavy atom. The van der Waals surface area contributed by atoms with E-state index in [1.807, 2.05) is 6.07 Å². The lowest BCUT2D eigenvalue weighted by Gasteiger charge is -2.10. The van der Waals surface area contributed by atoms with Crippen LogP contribution in [0, 0.1) is 5.92 Å². The molecule has 3 rings (SSSR count). The van der Waals surface area contributed by atoms with Crippen LogP contribution in [0.15, 0.2) is 47.5 Å². The van der Waals surface area contributed by atoms with Crippen LogP contribution in [0.3, 0.4) is 0 Å². The van der Waals surface area contributed by atoms with Gasteiger partial charge in [0, 0.05) is 30.9 Å². The van der Waals surface area contributed by atoms with Crippen LogP contribution >= 0.6 is 0 Å². The van der Waals surface area contributed by atoms with Gasteiger partial charge in [-0.15, -0.1) is 0 Å². The van der Waals surface area contributed by atoms with Crippen molar-refractivity contribution in [3.05, 3.63) is 58.6 Å². The second kappa shape index (κ2) is 5.72. The molecule has 1 heterocycles. The number of nitrogens with one attached hydrogen (secondary N) is 1. The first-order valence-electron chi connectivity index (χ1n) is 7.52. The first-order valence-corrected chi connectivity index (χ1v) is 7.52. The van der Waals surface area contributed by atoms with Gasteiger partial charge in [0.1, 0.15) is 0 Å². The fraction of sp³-hybridized carbons (Fsp3) is 0.412. The number of aromatic nitrogens is 2. The molecule has 0 spiro atoms. The number of hydrogen-bond donors (Lipinski definition) is 1. The Morgan fingerprint density at radius 3 is 2.81 bits per heavy atom. The normalized spacial score (nSPS) is 20.5. The molecule has 2 atom stereocenters. The molecule has 4 heteroatoms. The highest BCUT2D eigenvalue weighted by molar-refractivity contribution is 5.40. The van der Waals surface area contributed by atoms with Crippen molar-refractivity contribution < 1.29 is 0 Å². The second-order valence-electron chi connectivity index (χ2n) is 6.13. The van der Waals surface area contributed by atoms with Crippen molar-refractivity contribution in [1.82, 2.24) is 9.55 Å². The molecule has 1 N–H and O–H groups in total. The van der Waals surface area contributed by atoms with E-state index < -0.39 is 0 Å². The fourth-order valence-corrected chi connectivity index (χ4v) is 2.68.